The van der Waals surface area contributed by atoms with E-state index < -0.39 is 0 Å². The van der Waals surface area contributed by atoms with Gasteiger partial charge in [-0.25, -0.2) is 0 Å². The Hall–Kier alpha value is -2.00. The molecule has 24 heavy (non-hydrogen) atoms. The molecule has 1 aliphatic rings. The molecule has 2 aromatic rings. The third-order valence-electron chi connectivity index (χ3n) is 4.85. The molecule has 1 atom stereocenters. The zero-order valence-corrected chi connectivity index (χ0v) is 14.9. The zero-order valence-electron chi connectivity index (χ0n) is 14.1. The molecule has 0 bridgehead atoms. The lowest BCUT2D eigenvalue weighted by molar-refractivity contribution is -0.124. The fraction of sp³-hybridized carbons (Fsp3) is 0.350. The van der Waals surface area contributed by atoms with Gasteiger partial charge in [0.05, 0.1) is 5.54 Å². The minimum Gasteiger partial charge on any atom is -0.374 e. The van der Waals surface area contributed by atoms with Crippen LogP contribution in [0.15, 0.2) is 48.5 Å². The molecule has 2 aromatic carbocycles. The number of benzene rings is 2. The molecule has 0 spiro atoms. The lowest BCUT2D eigenvalue weighted by atomic mass is 9.71. The Balaban J connectivity index is 1.69. The van der Waals surface area contributed by atoms with Crippen molar-refractivity contribution >= 4 is 23.2 Å². The molecule has 3 rings (SSSR count). The van der Waals surface area contributed by atoms with Crippen LogP contribution in [0, 0.1) is 6.92 Å². The second-order valence-corrected chi connectivity index (χ2v) is 7.05. The van der Waals surface area contributed by atoms with Crippen LogP contribution in [0.5, 0.6) is 0 Å². The largest absolute Gasteiger partial charge is 0.374 e. The number of aryl methyl sites for hydroxylation is 1. The van der Waals surface area contributed by atoms with Gasteiger partial charge in [-0.1, -0.05) is 41.9 Å². The minimum atomic E-state index is -0.314. The summed E-state index contributed by atoms with van der Waals surface area (Å²) < 4.78 is 0. The van der Waals surface area contributed by atoms with Crippen molar-refractivity contribution in [1.82, 2.24) is 5.32 Å². The molecule has 0 aliphatic heterocycles. The molecule has 1 saturated carbocycles. The maximum atomic E-state index is 12.7. The first kappa shape index (κ1) is 16.8. The van der Waals surface area contributed by atoms with Gasteiger partial charge in [-0.3, -0.25) is 4.79 Å². The Bertz CT molecular complexity index is 726. The summed E-state index contributed by atoms with van der Waals surface area (Å²) in [7, 11) is 0. The van der Waals surface area contributed by atoms with E-state index in [0.717, 1.165) is 30.5 Å². The second kappa shape index (κ2) is 6.86. The van der Waals surface area contributed by atoms with Gasteiger partial charge >= 0.3 is 0 Å². The standard InChI is InChI=1S/C20H23ClN2O/c1-14-13-17(21)9-10-18(14)22-15(2)19(24)23-20(11-6-12-20)16-7-4-3-5-8-16/h3-5,7-10,13,15,22H,6,11-12H2,1-2H3,(H,23,24). The molecule has 3 nitrogen and oxygen atoms in total. The van der Waals surface area contributed by atoms with E-state index in [1.807, 2.05) is 50.2 Å². The molecule has 0 saturated heterocycles. The average Bonchev–Trinajstić information content (AvgIpc) is 2.54. The Kier molecular flexibility index (Phi) is 4.81. The monoisotopic (exact) mass is 342 g/mol. The molecule has 1 unspecified atom stereocenters. The topological polar surface area (TPSA) is 41.1 Å². The van der Waals surface area contributed by atoms with Gasteiger partial charge in [0, 0.05) is 10.7 Å². The molecule has 0 radical (unpaired) electrons. The van der Waals surface area contributed by atoms with Crippen molar-refractivity contribution in [3.63, 3.8) is 0 Å². The fourth-order valence-electron chi connectivity index (χ4n) is 3.21. The average molecular weight is 343 g/mol. The number of carbonyl (C=O) groups is 1. The third kappa shape index (κ3) is 3.41. The number of anilines is 1. The van der Waals surface area contributed by atoms with Gasteiger partial charge in [0.1, 0.15) is 6.04 Å². The van der Waals surface area contributed by atoms with E-state index in [9.17, 15) is 4.79 Å². The van der Waals surface area contributed by atoms with Gasteiger partial charge in [-0.2, -0.15) is 0 Å². The first-order valence-corrected chi connectivity index (χ1v) is 8.78. The summed E-state index contributed by atoms with van der Waals surface area (Å²) in [5, 5.41) is 7.26. The van der Waals surface area contributed by atoms with E-state index in [2.05, 4.69) is 22.8 Å². The van der Waals surface area contributed by atoms with Crippen LogP contribution in [-0.4, -0.2) is 11.9 Å². The Labute approximate surface area is 148 Å². The van der Waals surface area contributed by atoms with Gasteiger partial charge in [0.25, 0.3) is 0 Å². The van der Waals surface area contributed by atoms with E-state index >= 15 is 0 Å². The van der Waals surface area contributed by atoms with Gasteiger partial charge in [0.15, 0.2) is 0 Å². The van der Waals surface area contributed by atoms with Crippen molar-refractivity contribution in [3.05, 3.63) is 64.7 Å². The van der Waals surface area contributed by atoms with E-state index in [1.54, 1.807) is 0 Å². The summed E-state index contributed by atoms with van der Waals surface area (Å²) in [4.78, 5) is 12.7. The molecule has 0 aromatic heterocycles. The van der Waals surface area contributed by atoms with Gasteiger partial charge in [-0.05, 0) is 62.4 Å². The SMILES string of the molecule is Cc1cc(Cl)ccc1NC(C)C(=O)NC1(c2ccccc2)CCC1. The number of hydrogen-bond donors (Lipinski definition) is 2. The van der Waals surface area contributed by atoms with Crippen LogP contribution in [0.3, 0.4) is 0 Å². The minimum absolute atomic E-state index is 0.0212. The maximum Gasteiger partial charge on any atom is 0.242 e. The van der Waals surface area contributed by atoms with Crippen molar-refractivity contribution in [1.29, 1.82) is 0 Å². The molecule has 4 heteroatoms. The number of amides is 1. The van der Waals surface area contributed by atoms with Crippen LogP contribution < -0.4 is 10.6 Å². The van der Waals surface area contributed by atoms with Crippen molar-refractivity contribution in [3.8, 4) is 0 Å². The number of nitrogens with one attached hydrogen (secondary N) is 2. The molecule has 2 N–H and O–H groups in total. The summed E-state index contributed by atoms with van der Waals surface area (Å²) in [6.07, 6.45) is 3.14. The molecule has 1 amide bonds. The summed E-state index contributed by atoms with van der Waals surface area (Å²) in [5.41, 5.74) is 2.95. The van der Waals surface area contributed by atoms with Crippen LogP contribution in [0.4, 0.5) is 5.69 Å². The van der Waals surface area contributed by atoms with E-state index in [1.165, 1.54) is 5.56 Å². The quantitative estimate of drug-likeness (QED) is 0.830. The fourth-order valence-corrected chi connectivity index (χ4v) is 3.43. The second-order valence-electron chi connectivity index (χ2n) is 6.62. The number of halogens is 1. The van der Waals surface area contributed by atoms with Crippen molar-refractivity contribution in [2.45, 2.75) is 44.7 Å². The predicted octanol–water partition coefficient (Wildman–Crippen LogP) is 4.64. The molecular formula is C20H23ClN2O. The van der Waals surface area contributed by atoms with Crippen molar-refractivity contribution in [2.75, 3.05) is 5.32 Å². The smallest absolute Gasteiger partial charge is 0.242 e. The highest BCUT2D eigenvalue weighted by molar-refractivity contribution is 6.30. The summed E-state index contributed by atoms with van der Waals surface area (Å²) in [6, 6.07) is 15.6. The summed E-state index contributed by atoms with van der Waals surface area (Å²) >= 11 is 5.99. The number of hydrogen-bond acceptors (Lipinski definition) is 2. The number of rotatable bonds is 5. The molecule has 126 valence electrons. The molecular weight excluding hydrogens is 320 g/mol. The van der Waals surface area contributed by atoms with E-state index in [-0.39, 0.29) is 17.5 Å². The Morgan fingerprint density at radius 2 is 1.88 bits per heavy atom. The van der Waals surface area contributed by atoms with Crippen LogP contribution in [0.1, 0.15) is 37.3 Å². The van der Waals surface area contributed by atoms with Crippen LogP contribution in [-0.2, 0) is 10.3 Å². The van der Waals surface area contributed by atoms with Crippen molar-refractivity contribution < 1.29 is 4.79 Å². The predicted molar refractivity (Wildman–Crippen MR) is 99.4 cm³/mol. The Morgan fingerprint density at radius 3 is 2.46 bits per heavy atom. The summed E-state index contributed by atoms with van der Waals surface area (Å²) in [6.45, 7) is 3.87. The van der Waals surface area contributed by atoms with E-state index in [0.29, 0.717) is 5.02 Å². The highest BCUT2D eigenvalue weighted by atomic mass is 35.5. The highest BCUT2D eigenvalue weighted by Crippen LogP contribution is 2.41. The van der Waals surface area contributed by atoms with Crippen LogP contribution in [0.25, 0.3) is 0 Å². The first-order chi connectivity index (χ1) is 11.5. The van der Waals surface area contributed by atoms with Crippen LogP contribution >= 0.6 is 11.6 Å². The van der Waals surface area contributed by atoms with Gasteiger partial charge in [-0.15, -0.1) is 0 Å². The first-order valence-electron chi connectivity index (χ1n) is 8.40. The zero-order chi connectivity index (χ0) is 17.2. The molecule has 1 fully saturated rings. The van der Waals surface area contributed by atoms with Crippen molar-refractivity contribution in [2.24, 2.45) is 0 Å². The highest BCUT2D eigenvalue weighted by Gasteiger charge is 2.40. The Morgan fingerprint density at radius 1 is 1.17 bits per heavy atom. The maximum absolute atomic E-state index is 12.7. The molecule has 1 aliphatic carbocycles. The normalized spacial score (nSPS) is 16.8. The third-order valence-corrected chi connectivity index (χ3v) is 5.08. The van der Waals surface area contributed by atoms with E-state index in [4.69, 9.17) is 11.6 Å². The summed E-state index contributed by atoms with van der Waals surface area (Å²) in [5.74, 6) is 0.0212. The lowest BCUT2D eigenvalue weighted by Gasteiger charge is -2.43. The van der Waals surface area contributed by atoms with Gasteiger partial charge in [0.2, 0.25) is 5.91 Å². The van der Waals surface area contributed by atoms with Crippen LogP contribution in [0.2, 0.25) is 5.02 Å². The van der Waals surface area contributed by atoms with Gasteiger partial charge < -0.3 is 10.6 Å². The molecule has 0 heterocycles. The number of carbonyl (C=O) groups excluding carboxylic acids is 1. The lowest BCUT2D eigenvalue weighted by Crippen LogP contribution is -2.54.